The molecule has 0 bridgehead atoms. The number of nitrogens with one attached hydrogen (secondary N) is 1. The van der Waals surface area contributed by atoms with Gasteiger partial charge in [-0.05, 0) is 31.9 Å². The van der Waals surface area contributed by atoms with Gasteiger partial charge in [-0.2, -0.15) is 0 Å². The van der Waals surface area contributed by atoms with E-state index >= 15 is 0 Å². The number of amides is 1. The van der Waals surface area contributed by atoms with Gasteiger partial charge in [-0.25, -0.2) is 0 Å². The second kappa shape index (κ2) is 9.64. The van der Waals surface area contributed by atoms with Gasteiger partial charge < -0.3 is 15.8 Å². The first-order valence-electron chi connectivity index (χ1n) is 7.20. The zero-order valence-corrected chi connectivity index (χ0v) is 14.1. The van der Waals surface area contributed by atoms with Gasteiger partial charge in [0.1, 0.15) is 11.9 Å². The number of rotatable bonds is 7. The highest BCUT2D eigenvalue weighted by molar-refractivity contribution is 5.85. The molecule has 1 amide bonds. The number of aryl methyl sites for hydroxylation is 1. The Morgan fingerprint density at radius 1 is 1.29 bits per heavy atom. The van der Waals surface area contributed by atoms with E-state index in [1.54, 1.807) is 0 Å². The molecule has 5 heteroatoms. The predicted molar refractivity (Wildman–Crippen MR) is 89.0 cm³/mol. The minimum Gasteiger partial charge on any atom is -0.489 e. The summed E-state index contributed by atoms with van der Waals surface area (Å²) in [4.78, 5) is 11.9. The highest BCUT2D eigenvalue weighted by atomic mass is 35.5. The van der Waals surface area contributed by atoms with E-state index in [-0.39, 0.29) is 30.3 Å². The highest BCUT2D eigenvalue weighted by Crippen LogP contribution is 2.13. The molecule has 3 atom stereocenters. The van der Waals surface area contributed by atoms with E-state index in [1.165, 1.54) is 5.56 Å². The third kappa shape index (κ3) is 6.82. The topological polar surface area (TPSA) is 64.4 Å². The van der Waals surface area contributed by atoms with Gasteiger partial charge in [0.15, 0.2) is 0 Å². The van der Waals surface area contributed by atoms with Gasteiger partial charge in [0.05, 0.1) is 12.6 Å². The summed E-state index contributed by atoms with van der Waals surface area (Å²) in [6, 6.07) is 7.40. The summed E-state index contributed by atoms with van der Waals surface area (Å²) in [5.74, 6) is 0.880. The monoisotopic (exact) mass is 314 g/mol. The van der Waals surface area contributed by atoms with E-state index in [1.807, 2.05) is 52.0 Å². The molecule has 0 aromatic heterocycles. The van der Waals surface area contributed by atoms with Crippen LogP contribution in [0.5, 0.6) is 5.75 Å². The lowest BCUT2D eigenvalue weighted by atomic mass is 9.99. The Bertz CT molecular complexity index is 423. The van der Waals surface area contributed by atoms with Crippen LogP contribution >= 0.6 is 12.4 Å². The molecular formula is C16H27ClN2O2. The predicted octanol–water partition coefficient (Wildman–Crippen LogP) is 2.67. The second-order valence-corrected chi connectivity index (χ2v) is 5.40. The summed E-state index contributed by atoms with van der Waals surface area (Å²) in [5.41, 5.74) is 7.07. The van der Waals surface area contributed by atoms with Gasteiger partial charge in [0.2, 0.25) is 5.91 Å². The highest BCUT2D eigenvalue weighted by Gasteiger charge is 2.19. The number of halogens is 1. The van der Waals surface area contributed by atoms with Crippen molar-refractivity contribution in [3.05, 3.63) is 29.8 Å². The van der Waals surface area contributed by atoms with Crippen LogP contribution in [-0.4, -0.2) is 24.6 Å². The summed E-state index contributed by atoms with van der Waals surface area (Å²) in [5, 5.41) is 2.84. The van der Waals surface area contributed by atoms with Crippen molar-refractivity contribution in [2.75, 3.05) is 6.54 Å². The molecule has 0 aliphatic rings. The molecular weight excluding hydrogens is 288 g/mol. The van der Waals surface area contributed by atoms with Crippen molar-refractivity contribution in [1.82, 2.24) is 5.32 Å². The quantitative estimate of drug-likeness (QED) is 0.813. The molecule has 1 aromatic carbocycles. The molecule has 0 saturated heterocycles. The minimum atomic E-state index is -0.452. The zero-order chi connectivity index (χ0) is 15.1. The van der Waals surface area contributed by atoms with E-state index < -0.39 is 6.04 Å². The maximum Gasteiger partial charge on any atom is 0.237 e. The Kier molecular flexibility index (Phi) is 9.06. The number of hydrogen-bond acceptors (Lipinski definition) is 3. The molecule has 0 spiro atoms. The SMILES string of the molecule is CCC(C)C(N)C(=O)NCC(C)Oc1ccc(C)cc1.Cl. The molecule has 1 aromatic rings. The Balaban J connectivity index is 0.00000400. The number of benzene rings is 1. The first-order valence-corrected chi connectivity index (χ1v) is 7.20. The number of ether oxygens (including phenoxy) is 1. The Hall–Kier alpha value is -1.26. The smallest absolute Gasteiger partial charge is 0.237 e. The van der Waals surface area contributed by atoms with Gasteiger partial charge in [0, 0.05) is 0 Å². The summed E-state index contributed by atoms with van der Waals surface area (Å²) < 4.78 is 5.73. The van der Waals surface area contributed by atoms with Gasteiger partial charge in [0.25, 0.3) is 0 Å². The molecule has 120 valence electrons. The molecule has 0 saturated carbocycles. The van der Waals surface area contributed by atoms with Crippen molar-refractivity contribution in [1.29, 1.82) is 0 Å². The zero-order valence-electron chi connectivity index (χ0n) is 13.3. The van der Waals surface area contributed by atoms with Crippen LogP contribution in [0.3, 0.4) is 0 Å². The maximum absolute atomic E-state index is 11.9. The van der Waals surface area contributed by atoms with E-state index in [0.29, 0.717) is 6.54 Å². The van der Waals surface area contributed by atoms with Crippen LogP contribution in [0.1, 0.15) is 32.8 Å². The van der Waals surface area contributed by atoms with E-state index in [0.717, 1.165) is 12.2 Å². The number of carbonyl (C=O) groups is 1. The largest absolute Gasteiger partial charge is 0.489 e. The lowest BCUT2D eigenvalue weighted by Gasteiger charge is -2.20. The lowest BCUT2D eigenvalue weighted by molar-refractivity contribution is -0.123. The average molecular weight is 315 g/mol. The third-order valence-corrected chi connectivity index (χ3v) is 3.48. The van der Waals surface area contributed by atoms with E-state index in [9.17, 15) is 4.79 Å². The lowest BCUT2D eigenvalue weighted by Crippen LogP contribution is -2.47. The third-order valence-electron chi connectivity index (χ3n) is 3.48. The fourth-order valence-electron chi connectivity index (χ4n) is 1.77. The van der Waals surface area contributed by atoms with Crippen molar-refractivity contribution in [2.45, 2.75) is 46.3 Å². The fourth-order valence-corrected chi connectivity index (χ4v) is 1.77. The van der Waals surface area contributed by atoms with Crippen LogP contribution in [0.25, 0.3) is 0 Å². The first kappa shape index (κ1) is 19.7. The molecule has 0 fully saturated rings. The van der Waals surface area contributed by atoms with Crippen LogP contribution in [-0.2, 0) is 4.79 Å². The van der Waals surface area contributed by atoms with Crippen molar-refractivity contribution < 1.29 is 9.53 Å². The van der Waals surface area contributed by atoms with Crippen molar-refractivity contribution in [3.63, 3.8) is 0 Å². The van der Waals surface area contributed by atoms with Crippen LogP contribution < -0.4 is 15.8 Å². The fraction of sp³-hybridized carbons (Fsp3) is 0.562. The van der Waals surface area contributed by atoms with Crippen LogP contribution in [0, 0.1) is 12.8 Å². The van der Waals surface area contributed by atoms with Crippen molar-refractivity contribution in [2.24, 2.45) is 11.7 Å². The van der Waals surface area contributed by atoms with Crippen molar-refractivity contribution in [3.8, 4) is 5.75 Å². The Labute approximate surface area is 133 Å². The summed E-state index contributed by atoms with van der Waals surface area (Å²) in [6.45, 7) is 8.42. The molecule has 0 aliphatic carbocycles. The minimum absolute atomic E-state index is 0. The number of carbonyl (C=O) groups excluding carboxylic acids is 1. The summed E-state index contributed by atoms with van der Waals surface area (Å²) in [7, 11) is 0. The summed E-state index contributed by atoms with van der Waals surface area (Å²) in [6.07, 6.45) is 0.801. The van der Waals surface area contributed by atoms with Crippen LogP contribution in [0.15, 0.2) is 24.3 Å². The van der Waals surface area contributed by atoms with Crippen LogP contribution in [0.4, 0.5) is 0 Å². The maximum atomic E-state index is 11.9. The Morgan fingerprint density at radius 3 is 2.38 bits per heavy atom. The number of nitrogens with two attached hydrogens (primary N) is 1. The van der Waals surface area contributed by atoms with E-state index in [4.69, 9.17) is 10.5 Å². The number of hydrogen-bond donors (Lipinski definition) is 2. The molecule has 0 heterocycles. The normalized spacial score (nSPS) is 14.5. The molecule has 0 radical (unpaired) electrons. The molecule has 21 heavy (non-hydrogen) atoms. The molecule has 1 rings (SSSR count). The second-order valence-electron chi connectivity index (χ2n) is 5.40. The molecule has 4 nitrogen and oxygen atoms in total. The Morgan fingerprint density at radius 2 is 1.86 bits per heavy atom. The van der Waals surface area contributed by atoms with Crippen molar-refractivity contribution >= 4 is 18.3 Å². The van der Waals surface area contributed by atoms with Gasteiger partial charge >= 0.3 is 0 Å². The molecule has 3 N–H and O–H groups in total. The average Bonchev–Trinajstić information content (AvgIpc) is 2.45. The first-order chi connectivity index (χ1) is 9.43. The standard InChI is InChI=1S/C16H26N2O2.ClH/c1-5-12(3)15(17)16(19)18-10-13(4)20-14-8-6-11(2)7-9-14;/h6-9,12-13,15H,5,10,17H2,1-4H3,(H,18,19);1H. The molecule has 0 aliphatic heterocycles. The van der Waals surface area contributed by atoms with Gasteiger partial charge in [-0.1, -0.05) is 38.0 Å². The van der Waals surface area contributed by atoms with Gasteiger partial charge in [-0.3, -0.25) is 4.79 Å². The summed E-state index contributed by atoms with van der Waals surface area (Å²) >= 11 is 0. The van der Waals surface area contributed by atoms with Crippen LogP contribution in [0.2, 0.25) is 0 Å². The van der Waals surface area contributed by atoms with Gasteiger partial charge in [-0.15, -0.1) is 12.4 Å². The van der Waals surface area contributed by atoms with E-state index in [2.05, 4.69) is 5.32 Å². The molecule has 3 unspecified atom stereocenters.